The number of carbonyl (C=O) groups is 1. The molecule has 2 rings (SSSR count). The van der Waals surface area contributed by atoms with E-state index in [0.29, 0.717) is 12.3 Å². The number of aliphatic carboxylic acids is 1. The minimum Gasteiger partial charge on any atom is -0.496 e. The van der Waals surface area contributed by atoms with Gasteiger partial charge in [-0.2, -0.15) is 0 Å². The smallest absolute Gasteiger partial charge is 0.309 e. The number of benzene rings is 1. The average Bonchev–Trinajstić information content (AvgIpc) is 2.33. The Morgan fingerprint density at radius 3 is 2.53 bits per heavy atom. The molecule has 1 aliphatic carbocycles. The van der Waals surface area contributed by atoms with E-state index >= 15 is 0 Å². The van der Waals surface area contributed by atoms with Crippen molar-refractivity contribution in [3.63, 3.8) is 0 Å². The molecule has 1 aromatic carbocycles. The molecule has 0 atom stereocenters. The van der Waals surface area contributed by atoms with E-state index in [0.717, 1.165) is 30.6 Å². The molecule has 0 spiro atoms. The van der Waals surface area contributed by atoms with Crippen LogP contribution < -0.4 is 4.74 Å². The molecule has 0 saturated heterocycles. The van der Waals surface area contributed by atoms with Gasteiger partial charge in [-0.25, -0.2) is 0 Å². The normalized spacial score (nSPS) is 17.1. The Morgan fingerprint density at radius 2 is 2.11 bits per heavy atom. The third-order valence-electron chi connectivity index (χ3n) is 4.27. The molecule has 19 heavy (non-hydrogen) atoms. The lowest BCUT2D eigenvalue weighted by atomic mass is 9.65. The van der Waals surface area contributed by atoms with Crippen LogP contribution in [-0.2, 0) is 11.2 Å². The van der Waals surface area contributed by atoms with E-state index in [2.05, 4.69) is 19.9 Å². The fourth-order valence-electron chi connectivity index (χ4n) is 2.70. The van der Waals surface area contributed by atoms with E-state index in [4.69, 9.17) is 4.74 Å². The summed E-state index contributed by atoms with van der Waals surface area (Å²) in [5.74, 6) is 0.590. The van der Waals surface area contributed by atoms with E-state index in [-0.39, 0.29) is 0 Å². The first-order valence-corrected chi connectivity index (χ1v) is 6.89. The quantitative estimate of drug-likeness (QED) is 0.881. The van der Waals surface area contributed by atoms with E-state index in [1.54, 1.807) is 7.11 Å². The maximum atomic E-state index is 11.4. The van der Waals surface area contributed by atoms with Crippen molar-refractivity contribution in [3.05, 3.63) is 29.3 Å². The van der Waals surface area contributed by atoms with Crippen molar-refractivity contribution in [2.45, 2.75) is 45.4 Å². The number of hydrogen-bond acceptors (Lipinski definition) is 2. The molecular weight excluding hydrogens is 240 g/mol. The summed E-state index contributed by atoms with van der Waals surface area (Å²) in [5.41, 5.74) is 1.67. The van der Waals surface area contributed by atoms with Crippen LogP contribution >= 0.6 is 0 Å². The first kappa shape index (κ1) is 13.9. The summed E-state index contributed by atoms with van der Waals surface area (Å²) in [4.78, 5) is 11.4. The Bertz CT molecular complexity index is 473. The van der Waals surface area contributed by atoms with Crippen LogP contribution in [0.15, 0.2) is 18.2 Å². The van der Waals surface area contributed by atoms with Gasteiger partial charge in [0.05, 0.1) is 12.5 Å². The maximum absolute atomic E-state index is 11.4. The summed E-state index contributed by atoms with van der Waals surface area (Å²) >= 11 is 0. The molecule has 1 N–H and O–H groups in total. The van der Waals surface area contributed by atoms with Crippen molar-refractivity contribution in [2.24, 2.45) is 5.41 Å². The average molecular weight is 262 g/mol. The molecule has 104 valence electrons. The summed E-state index contributed by atoms with van der Waals surface area (Å²) in [7, 11) is 1.65. The van der Waals surface area contributed by atoms with Gasteiger partial charge in [0.2, 0.25) is 0 Å². The Balaban J connectivity index is 2.27. The van der Waals surface area contributed by atoms with Crippen molar-refractivity contribution < 1.29 is 14.6 Å². The Morgan fingerprint density at radius 1 is 1.42 bits per heavy atom. The van der Waals surface area contributed by atoms with Crippen LogP contribution in [0.2, 0.25) is 0 Å². The second-order valence-electron chi connectivity index (χ2n) is 5.84. The zero-order valence-electron chi connectivity index (χ0n) is 11.9. The van der Waals surface area contributed by atoms with Crippen LogP contribution in [0, 0.1) is 5.41 Å². The zero-order valence-corrected chi connectivity index (χ0v) is 11.9. The summed E-state index contributed by atoms with van der Waals surface area (Å²) in [6.07, 6.45) is 3.14. The molecule has 0 amide bonds. The Labute approximate surface area is 114 Å². The predicted octanol–water partition coefficient (Wildman–Crippen LogP) is 3.62. The molecule has 3 heteroatoms. The molecule has 1 aromatic rings. The first-order valence-electron chi connectivity index (χ1n) is 6.89. The highest BCUT2D eigenvalue weighted by Gasteiger charge is 2.44. The van der Waals surface area contributed by atoms with E-state index in [1.165, 1.54) is 5.56 Å². The van der Waals surface area contributed by atoms with Gasteiger partial charge in [-0.3, -0.25) is 4.79 Å². The van der Waals surface area contributed by atoms with Crippen molar-refractivity contribution in [1.29, 1.82) is 0 Å². The van der Waals surface area contributed by atoms with Gasteiger partial charge in [0.1, 0.15) is 5.75 Å². The highest BCUT2D eigenvalue weighted by atomic mass is 16.5. The topological polar surface area (TPSA) is 46.5 Å². The number of hydrogen-bond donors (Lipinski definition) is 1. The first-order chi connectivity index (χ1) is 8.98. The van der Waals surface area contributed by atoms with Crippen LogP contribution in [0.1, 0.15) is 50.2 Å². The third-order valence-corrected chi connectivity index (χ3v) is 4.27. The molecule has 0 heterocycles. The maximum Gasteiger partial charge on any atom is 0.309 e. The number of rotatable bonds is 5. The van der Waals surface area contributed by atoms with Crippen LogP contribution in [0.25, 0.3) is 0 Å². The van der Waals surface area contributed by atoms with Crippen LogP contribution in [0.3, 0.4) is 0 Å². The van der Waals surface area contributed by atoms with Gasteiger partial charge in [0, 0.05) is 0 Å². The van der Waals surface area contributed by atoms with E-state index in [9.17, 15) is 9.90 Å². The lowest BCUT2D eigenvalue weighted by Gasteiger charge is -2.38. The lowest BCUT2D eigenvalue weighted by Crippen LogP contribution is -2.39. The predicted molar refractivity (Wildman–Crippen MR) is 74.7 cm³/mol. The van der Waals surface area contributed by atoms with Gasteiger partial charge in [-0.1, -0.05) is 32.4 Å². The van der Waals surface area contributed by atoms with Crippen LogP contribution in [0.5, 0.6) is 5.75 Å². The number of ether oxygens (including phenoxy) is 1. The SMILES string of the molecule is COc1cc(C(C)C)ccc1CC1(C(=O)O)CCC1. The van der Waals surface area contributed by atoms with Gasteiger partial charge in [0.15, 0.2) is 0 Å². The monoisotopic (exact) mass is 262 g/mol. The summed E-state index contributed by atoms with van der Waals surface area (Å²) in [6, 6.07) is 6.14. The minimum atomic E-state index is -0.672. The second-order valence-corrected chi connectivity index (χ2v) is 5.84. The van der Waals surface area contributed by atoms with Gasteiger partial charge in [0.25, 0.3) is 0 Å². The molecule has 1 saturated carbocycles. The minimum absolute atomic E-state index is 0.445. The van der Waals surface area contributed by atoms with Crippen molar-refractivity contribution in [3.8, 4) is 5.75 Å². The third kappa shape index (κ3) is 2.60. The van der Waals surface area contributed by atoms with Crippen LogP contribution in [0.4, 0.5) is 0 Å². The molecular formula is C16H22O3. The summed E-state index contributed by atoms with van der Waals surface area (Å²) in [5, 5.41) is 9.41. The molecule has 0 bridgehead atoms. The molecule has 0 radical (unpaired) electrons. The molecule has 0 aliphatic heterocycles. The summed E-state index contributed by atoms with van der Waals surface area (Å²) < 4.78 is 5.44. The molecule has 0 aromatic heterocycles. The van der Waals surface area contributed by atoms with Gasteiger partial charge in [-0.15, -0.1) is 0 Å². The molecule has 1 aliphatic rings. The molecule has 1 fully saturated rings. The molecule has 0 unspecified atom stereocenters. The van der Waals surface area contributed by atoms with E-state index in [1.807, 2.05) is 12.1 Å². The van der Waals surface area contributed by atoms with Crippen molar-refractivity contribution >= 4 is 5.97 Å². The highest BCUT2D eigenvalue weighted by molar-refractivity contribution is 5.76. The lowest BCUT2D eigenvalue weighted by molar-refractivity contribution is -0.154. The fourth-order valence-corrected chi connectivity index (χ4v) is 2.70. The highest BCUT2D eigenvalue weighted by Crippen LogP contribution is 2.45. The fraction of sp³-hybridized carbons (Fsp3) is 0.562. The Kier molecular flexibility index (Phi) is 3.83. The van der Waals surface area contributed by atoms with Gasteiger partial charge in [-0.05, 0) is 42.4 Å². The number of carboxylic acid groups (broad SMARTS) is 1. The van der Waals surface area contributed by atoms with Crippen molar-refractivity contribution in [1.82, 2.24) is 0 Å². The zero-order chi connectivity index (χ0) is 14.0. The summed E-state index contributed by atoms with van der Waals surface area (Å²) in [6.45, 7) is 4.28. The number of carboxylic acids is 1. The van der Waals surface area contributed by atoms with E-state index < -0.39 is 11.4 Å². The van der Waals surface area contributed by atoms with Gasteiger partial charge >= 0.3 is 5.97 Å². The van der Waals surface area contributed by atoms with Crippen LogP contribution in [-0.4, -0.2) is 18.2 Å². The standard InChI is InChI=1S/C16H22O3/c1-11(2)12-5-6-13(14(9-12)19-3)10-16(15(17)18)7-4-8-16/h5-6,9,11H,4,7-8,10H2,1-3H3,(H,17,18). The second kappa shape index (κ2) is 5.24. The molecule has 3 nitrogen and oxygen atoms in total. The largest absolute Gasteiger partial charge is 0.496 e. The number of methoxy groups -OCH3 is 1. The van der Waals surface area contributed by atoms with Crippen molar-refractivity contribution in [2.75, 3.05) is 7.11 Å². The Hall–Kier alpha value is -1.51. The van der Waals surface area contributed by atoms with Gasteiger partial charge < -0.3 is 9.84 Å².